The number of alkyl halides is 3. The third-order valence-electron chi connectivity index (χ3n) is 7.27. The van der Waals surface area contributed by atoms with Gasteiger partial charge in [-0.2, -0.15) is 17.9 Å². The fourth-order valence-electron chi connectivity index (χ4n) is 4.88. The molecule has 1 aliphatic heterocycles. The second-order valence-electron chi connectivity index (χ2n) is 10.9. The number of nitrogens with one attached hydrogen (secondary N) is 1. The standard InChI is InChI=1S/C30H34F4N6O6/c1-18(2)35-26(42)27(46-28(43)30(32,33)34)39-25(21-7-10-23(31)24(17-21)45-4)36-40(29(39)44)22-8-5-20(6-9-22)11-12-37-13-15-38(16-14-37)19(3)41/h5-10,17-18,27H,11-16H2,1-4H3,(H,35,42). The molecule has 0 bridgehead atoms. The number of ether oxygens (including phenoxy) is 2. The van der Waals surface area contributed by atoms with E-state index in [-0.39, 0.29) is 22.9 Å². The lowest BCUT2D eigenvalue weighted by Gasteiger charge is -2.34. The van der Waals surface area contributed by atoms with E-state index < -0.39 is 47.7 Å². The second kappa shape index (κ2) is 14.1. The fraction of sp³-hybridized carbons (Fsp3) is 0.433. The molecule has 2 aromatic carbocycles. The Morgan fingerprint density at radius 3 is 2.24 bits per heavy atom. The molecule has 4 rings (SSSR count). The summed E-state index contributed by atoms with van der Waals surface area (Å²) in [6, 6.07) is 9.35. The lowest BCUT2D eigenvalue weighted by atomic mass is 10.1. The van der Waals surface area contributed by atoms with E-state index in [1.54, 1.807) is 36.1 Å². The molecule has 12 nitrogen and oxygen atoms in total. The van der Waals surface area contributed by atoms with Crippen LogP contribution in [0.5, 0.6) is 5.75 Å². The van der Waals surface area contributed by atoms with Crippen LogP contribution in [-0.4, -0.2) is 94.0 Å². The van der Waals surface area contributed by atoms with Gasteiger partial charge in [-0.1, -0.05) is 12.1 Å². The minimum atomic E-state index is -5.48. The first-order valence-electron chi connectivity index (χ1n) is 14.4. The minimum absolute atomic E-state index is 0.0130. The van der Waals surface area contributed by atoms with Crippen molar-refractivity contribution in [1.29, 1.82) is 0 Å². The Balaban J connectivity index is 1.71. The van der Waals surface area contributed by atoms with E-state index in [0.717, 1.165) is 42.0 Å². The number of nitrogens with zero attached hydrogens (tertiary/aromatic N) is 5. The maximum absolute atomic E-state index is 14.2. The Bertz CT molecular complexity index is 1630. The van der Waals surface area contributed by atoms with Crippen LogP contribution in [0.25, 0.3) is 17.1 Å². The molecule has 1 aromatic heterocycles. The molecule has 2 heterocycles. The molecule has 0 radical (unpaired) electrons. The number of carbonyl (C=O) groups excluding carboxylic acids is 3. The third kappa shape index (κ3) is 7.91. The SMILES string of the molecule is COc1cc(-c2nn(-c3ccc(CCN4CCN(C(C)=O)CC4)cc3)c(=O)n2C(OC(=O)C(F)(F)F)C(=O)NC(C)C)ccc1F. The van der Waals surface area contributed by atoms with Crippen molar-refractivity contribution in [1.82, 2.24) is 29.5 Å². The van der Waals surface area contributed by atoms with Gasteiger partial charge in [0.2, 0.25) is 5.91 Å². The summed E-state index contributed by atoms with van der Waals surface area (Å²) in [5, 5.41) is 6.63. The van der Waals surface area contributed by atoms with Gasteiger partial charge in [-0.25, -0.2) is 18.5 Å². The summed E-state index contributed by atoms with van der Waals surface area (Å²) < 4.78 is 65.0. The summed E-state index contributed by atoms with van der Waals surface area (Å²) in [6.45, 7) is 8.09. The molecule has 1 N–H and O–H groups in total. The third-order valence-corrected chi connectivity index (χ3v) is 7.27. The molecule has 2 amide bonds. The highest BCUT2D eigenvalue weighted by Gasteiger charge is 2.45. The van der Waals surface area contributed by atoms with Crippen LogP contribution in [0, 0.1) is 5.82 Å². The maximum atomic E-state index is 14.2. The molecule has 1 saturated heterocycles. The maximum Gasteiger partial charge on any atom is 0.491 e. The zero-order valence-electron chi connectivity index (χ0n) is 25.6. The smallest absolute Gasteiger partial charge is 0.491 e. The van der Waals surface area contributed by atoms with Crippen LogP contribution in [0.4, 0.5) is 17.6 Å². The van der Waals surface area contributed by atoms with Crippen molar-refractivity contribution in [3.05, 3.63) is 64.3 Å². The van der Waals surface area contributed by atoms with Crippen LogP contribution in [-0.2, 0) is 25.5 Å². The van der Waals surface area contributed by atoms with Crippen LogP contribution < -0.4 is 15.7 Å². The van der Waals surface area contributed by atoms with E-state index in [1.807, 2.05) is 0 Å². The van der Waals surface area contributed by atoms with Gasteiger partial charge >= 0.3 is 17.8 Å². The molecule has 46 heavy (non-hydrogen) atoms. The van der Waals surface area contributed by atoms with E-state index in [0.29, 0.717) is 24.1 Å². The van der Waals surface area contributed by atoms with Gasteiger partial charge in [0.05, 0.1) is 12.8 Å². The molecule has 248 valence electrons. The Morgan fingerprint density at radius 2 is 1.67 bits per heavy atom. The van der Waals surface area contributed by atoms with Crippen LogP contribution in [0.2, 0.25) is 0 Å². The van der Waals surface area contributed by atoms with E-state index in [4.69, 9.17) is 4.74 Å². The summed E-state index contributed by atoms with van der Waals surface area (Å²) in [4.78, 5) is 54.4. The molecular formula is C30H34F4N6O6. The van der Waals surface area contributed by atoms with Crippen molar-refractivity contribution in [3.8, 4) is 22.8 Å². The summed E-state index contributed by atoms with van der Waals surface area (Å²) in [5.74, 6) is -5.31. The molecule has 0 saturated carbocycles. The molecule has 0 aliphatic carbocycles. The summed E-state index contributed by atoms with van der Waals surface area (Å²) in [5.41, 5.74) is -0.000608. The van der Waals surface area contributed by atoms with Crippen molar-refractivity contribution in [2.75, 3.05) is 39.8 Å². The largest absolute Gasteiger partial charge is 0.494 e. The lowest BCUT2D eigenvalue weighted by molar-refractivity contribution is -0.209. The number of hydrogen-bond donors (Lipinski definition) is 1. The van der Waals surface area contributed by atoms with Crippen LogP contribution in [0.3, 0.4) is 0 Å². The minimum Gasteiger partial charge on any atom is -0.494 e. The number of carbonyl (C=O) groups is 3. The number of piperazine rings is 1. The summed E-state index contributed by atoms with van der Waals surface area (Å²) in [6.07, 6.45) is -7.24. The number of aromatic nitrogens is 3. The highest BCUT2D eigenvalue weighted by atomic mass is 19.4. The first-order valence-corrected chi connectivity index (χ1v) is 14.4. The highest BCUT2D eigenvalue weighted by molar-refractivity contribution is 5.84. The van der Waals surface area contributed by atoms with E-state index in [1.165, 1.54) is 27.0 Å². The predicted octanol–water partition coefficient (Wildman–Crippen LogP) is 2.68. The summed E-state index contributed by atoms with van der Waals surface area (Å²) >= 11 is 0. The number of halogens is 4. The molecule has 3 aromatic rings. The number of amides is 2. The predicted molar refractivity (Wildman–Crippen MR) is 157 cm³/mol. The van der Waals surface area contributed by atoms with Gasteiger partial charge in [0.1, 0.15) is 0 Å². The van der Waals surface area contributed by atoms with Gasteiger partial charge in [0, 0.05) is 51.3 Å². The molecule has 1 fully saturated rings. The van der Waals surface area contributed by atoms with Crippen molar-refractivity contribution in [3.63, 3.8) is 0 Å². The average Bonchev–Trinajstić information content (AvgIpc) is 3.34. The van der Waals surface area contributed by atoms with Gasteiger partial charge in [-0.05, 0) is 56.2 Å². The van der Waals surface area contributed by atoms with Crippen molar-refractivity contribution < 1.29 is 41.4 Å². The quantitative estimate of drug-likeness (QED) is 0.262. The monoisotopic (exact) mass is 650 g/mol. The van der Waals surface area contributed by atoms with E-state index in [9.17, 15) is 36.7 Å². The molecule has 1 unspecified atom stereocenters. The van der Waals surface area contributed by atoms with E-state index in [2.05, 4.69) is 20.1 Å². The van der Waals surface area contributed by atoms with Gasteiger partial charge < -0.3 is 19.7 Å². The fourth-order valence-corrected chi connectivity index (χ4v) is 4.88. The van der Waals surface area contributed by atoms with Crippen molar-refractivity contribution in [2.24, 2.45) is 0 Å². The van der Waals surface area contributed by atoms with Crippen molar-refractivity contribution >= 4 is 17.8 Å². The topological polar surface area (TPSA) is 128 Å². The molecule has 0 spiro atoms. The average molecular weight is 651 g/mol. The van der Waals surface area contributed by atoms with Crippen LogP contribution >= 0.6 is 0 Å². The normalized spacial score (nSPS) is 14.7. The van der Waals surface area contributed by atoms with Gasteiger partial charge in [0.25, 0.3) is 12.1 Å². The lowest BCUT2D eigenvalue weighted by Crippen LogP contribution is -2.48. The Labute approximate surface area is 261 Å². The van der Waals surface area contributed by atoms with Gasteiger partial charge in [-0.15, -0.1) is 5.10 Å². The Kier molecular flexibility index (Phi) is 10.5. The van der Waals surface area contributed by atoms with Crippen molar-refractivity contribution in [2.45, 2.75) is 45.6 Å². The molecule has 1 atom stereocenters. The van der Waals surface area contributed by atoms with Gasteiger partial charge in [0.15, 0.2) is 17.4 Å². The zero-order valence-corrected chi connectivity index (χ0v) is 25.6. The number of esters is 1. The number of hydrogen-bond acceptors (Lipinski definition) is 8. The second-order valence-corrected chi connectivity index (χ2v) is 10.9. The Morgan fingerprint density at radius 1 is 1.02 bits per heavy atom. The first-order chi connectivity index (χ1) is 21.7. The molecule has 1 aliphatic rings. The van der Waals surface area contributed by atoms with Gasteiger partial charge in [-0.3, -0.25) is 14.5 Å². The van der Waals surface area contributed by atoms with Crippen LogP contribution in [0.1, 0.15) is 32.6 Å². The molecular weight excluding hydrogens is 616 g/mol. The summed E-state index contributed by atoms with van der Waals surface area (Å²) in [7, 11) is 1.19. The number of methoxy groups -OCH3 is 1. The van der Waals surface area contributed by atoms with E-state index >= 15 is 0 Å². The van der Waals surface area contributed by atoms with Crippen LogP contribution in [0.15, 0.2) is 47.3 Å². The molecule has 16 heteroatoms. The number of benzene rings is 2. The first kappa shape index (κ1) is 34.1. The highest BCUT2D eigenvalue weighted by Crippen LogP contribution is 2.28. The number of rotatable bonds is 10. The zero-order chi connectivity index (χ0) is 33.8. The Hall–Kier alpha value is -4.73.